The molecule has 2 atom stereocenters. The van der Waals surface area contributed by atoms with Crippen LogP contribution in [-0.2, 0) is 0 Å². The molecule has 0 amide bonds. The number of hydrogen-bond acceptors (Lipinski definition) is 5. The third-order valence-electron chi connectivity index (χ3n) is 4.63. The van der Waals surface area contributed by atoms with Crippen LogP contribution in [0.2, 0.25) is 0 Å². The van der Waals surface area contributed by atoms with Gasteiger partial charge in [-0.3, -0.25) is 0 Å². The van der Waals surface area contributed by atoms with Gasteiger partial charge in [-0.05, 0) is 74.6 Å². The van der Waals surface area contributed by atoms with Crippen LogP contribution in [0.15, 0.2) is 48.5 Å². The third-order valence-corrected chi connectivity index (χ3v) is 8.43. The number of hydrogen-bond donors (Lipinski definition) is 3. The van der Waals surface area contributed by atoms with Crippen LogP contribution in [0.1, 0.15) is 53.4 Å². The van der Waals surface area contributed by atoms with Gasteiger partial charge in [0.05, 0.1) is 13.2 Å². The third kappa shape index (κ3) is 15.0. The van der Waals surface area contributed by atoms with E-state index >= 15 is 0 Å². The molecule has 0 aromatic heterocycles. The van der Waals surface area contributed by atoms with Gasteiger partial charge in [0.15, 0.2) is 5.11 Å². The van der Waals surface area contributed by atoms with Gasteiger partial charge in [0.1, 0.15) is 11.5 Å². The monoisotopic (exact) mass is 611 g/mol. The summed E-state index contributed by atoms with van der Waals surface area (Å²) >= 11 is 8.82. The van der Waals surface area contributed by atoms with E-state index in [4.69, 9.17) is 27.4 Å². The minimum atomic E-state index is 0.399. The van der Waals surface area contributed by atoms with E-state index in [0.29, 0.717) is 24.4 Å². The maximum atomic E-state index is 5.67. The van der Waals surface area contributed by atoms with Crippen molar-refractivity contribution in [2.45, 2.75) is 62.7 Å². The molecule has 0 fully saturated rings. The fraction of sp³-hybridized carbons (Fsp3) is 0.500. The molecule has 0 spiro atoms. The number of rotatable bonds is 13. The molecule has 0 heterocycles. The molecule has 2 aromatic carbocycles. The number of ether oxygens (including phenoxy) is 2. The van der Waals surface area contributed by atoms with Gasteiger partial charge in [-0.1, -0.05) is 0 Å². The topological polar surface area (TPSA) is 68.5 Å². The molecule has 2 rings (SSSR count). The minimum absolute atomic E-state index is 0.399. The molecule has 0 bridgehead atoms. The normalized spacial score (nSPS) is 12.1. The van der Waals surface area contributed by atoms with Crippen molar-refractivity contribution in [1.29, 1.82) is 0 Å². The predicted molar refractivity (Wildman–Crippen MR) is 156 cm³/mol. The molecule has 0 saturated heterocycles. The standard InChI is InChI=1S/C17H20N2O2S.C9H20NS.Sn.H/c1-3-20-15-9-5-13(6-10-15)18-17(22)19-14-7-11-16(12-8-14)21-4-2;1-3-11-8-6-4-5-7-9(2)10;;/h5-12H,3-4H2,1-2H3,(H2,18,19,22);8-9H,3-7,10H2,1-2H3;;. The van der Waals surface area contributed by atoms with E-state index in [1.807, 2.05) is 62.4 Å². The summed E-state index contributed by atoms with van der Waals surface area (Å²) in [6.45, 7) is 9.58. The summed E-state index contributed by atoms with van der Waals surface area (Å²) in [4.78, 5) is 0. The van der Waals surface area contributed by atoms with Gasteiger partial charge in [0.25, 0.3) is 0 Å². The van der Waals surface area contributed by atoms with E-state index in [9.17, 15) is 0 Å². The maximum absolute atomic E-state index is 5.67. The van der Waals surface area contributed by atoms with Gasteiger partial charge < -0.3 is 20.1 Å². The fourth-order valence-electron chi connectivity index (χ4n) is 3.01. The van der Waals surface area contributed by atoms with E-state index in [1.54, 1.807) is 0 Å². The van der Waals surface area contributed by atoms with Crippen LogP contribution < -0.4 is 25.8 Å². The summed E-state index contributed by atoms with van der Waals surface area (Å²) in [5.41, 5.74) is 7.49. The Morgan fingerprint density at radius 3 is 1.71 bits per heavy atom. The van der Waals surface area contributed by atoms with Crippen molar-refractivity contribution in [1.82, 2.24) is 0 Å². The van der Waals surface area contributed by atoms with Crippen molar-refractivity contribution in [3.8, 4) is 11.5 Å². The number of nitrogens with one attached hydrogen (secondary N) is 2. The van der Waals surface area contributed by atoms with E-state index in [0.717, 1.165) is 26.1 Å². The average Bonchev–Trinajstić information content (AvgIpc) is 2.80. The second-order valence-corrected chi connectivity index (χ2v) is 13.3. The first-order chi connectivity index (χ1) is 16.4. The van der Waals surface area contributed by atoms with Crippen molar-refractivity contribution in [3.05, 3.63) is 48.5 Å². The molecule has 2 aromatic rings. The van der Waals surface area contributed by atoms with Crippen molar-refractivity contribution in [3.63, 3.8) is 0 Å². The Hall–Kier alpha value is -1.16. The van der Waals surface area contributed by atoms with Gasteiger partial charge in [0.2, 0.25) is 0 Å². The zero-order chi connectivity index (χ0) is 25.2. The van der Waals surface area contributed by atoms with Gasteiger partial charge in [-0.2, -0.15) is 0 Å². The molecule has 2 unspecified atom stereocenters. The number of thioether (sulfide) groups is 1. The second kappa shape index (κ2) is 19.1. The van der Waals surface area contributed by atoms with Crippen LogP contribution in [-0.4, -0.2) is 55.9 Å². The zero-order valence-corrected chi connectivity index (χ0v) is 25.9. The molecule has 0 saturated carbocycles. The first kappa shape index (κ1) is 30.9. The van der Waals surface area contributed by atoms with Crippen molar-refractivity contribution in [2.75, 3.05) is 29.6 Å². The van der Waals surface area contributed by atoms with Gasteiger partial charge in [-0.25, -0.2) is 0 Å². The average molecular weight is 610 g/mol. The molecular formula is C26H41N3O2S2Sn. The van der Waals surface area contributed by atoms with E-state index in [2.05, 4.69) is 36.2 Å². The fourth-order valence-corrected chi connectivity index (χ4v) is 6.32. The SMILES string of the molecule is CCOc1ccc(NC(=S)Nc2ccc(OCC)cc2)cc1.CCS[CH]([SnH])CCCCC(C)N. The summed E-state index contributed by atoms with van der Waals surface area (Å²) in [6, 6.07) is 15.7. The zero-order valence-electron chi connectivity index (χ0n) is 21.0. The second-order valence-electron chi connectivity index (χ2n) is 7.75. The molecule has 2 radical (unpaired) electrons. The Bertz CT molecular complexity index is 736. The summed E-state index contributed by atoms with van der Waals surface area (Å²) in [7, 11) is 0. The molecule has 0 aliphatic heterocycles. The van der Waals surface area contributed by atoms with Crippen LogP contribution in [0, 0.1) is 0 Å². The Morgan fingerprint density at radius 1 is 0.882 bits per heavy atom. The van der Waals surface area contributed by atoms with Gasteiger partial charge in [0, 0.05) is 11.4 Å². The molecule has 5 nitrogen and oxygen atoms in total. The predicted octanol–water partition coefficient (Wildman–Crippen LogP) is 6.17. The van der Waals surface area contributed by atoms with Crippen LogP contribution in [0.25, 0.3) is 0 Å². The Labute approximate surface area is 229 Å². The molecule has 34 heavy (non-hydrogen) atoms. The van der Waals surface area contributed by atoms with E-state index in [-0.39, 0.29) is 0 Å². The number of thiocarbonyl (C=S) groups is 1. The van der Waals surface area contributed by atoms with Crippen LogP contribution >= 0.6 is 24.0 Å². The summed E-state index contributed by atoms with van der Waals surface area (Å²) < 4.78 is 11.8. The number of nitrogens with two attached hydrogens (primary N) is 1. The molecular weight excluding hydrogens is 569 g/mol. The summed E-state index contributed by atoms with van der Waals surface area (Å²) in [5.74, 6) is 2.97. The van der Waals surface area contributed by atoms with Gasteiger partial charge in [-0.15, -0.1) is 0 Å². The molecule has 0 aliphatic rings. The quantitative estimate of drug-likeness (QED) is 0.143. The Kier molecular flexibility index (Phi) is 17.3. The first-order valence-corrected chi connectivity index (χ1v) is 15.4. The first-order valence-electron chi connectivity index (χ1n) is 12.0. The van der Waals surface area contributed by atoms with E-state index in [1.165, 1.54) is 54.0 Å². The van der Waals surface area contributed by atoms with Crippen LogP contribution in [0.3, 0.4) is 0 Å². The molecule has 0 aliphatic carbocycles. The molecule has 188 valence electrons. The van der Waals surface area contributed by atoms with Crippen LogP contribution in [0.5, 0.6) is 11.5 Å². The number of anilines is 2. The van der Waals surface area contributed by atoms with E-state index < -0.39 is 0 Å². The molecule has 4 N–H and O–H groups in total. The number of benzene rings is 2. The Balaban J connectivity index is 0.000000411. The summed E-state index contributed by atoms with van der Waals surface area (Å²) in [5, 5.41) is 6.80. The molecule has 8 heteroatoms. The number of unbranched alkanes of at least 4 members (excludes halogenated alkanes) is 1. The van der Waals surface area contributed by atoms with Crippen molar-refractivity contribution < 1.29 is 9.47 Å². The Morgan fingerprint density at radius 2 is 1.32 bits per heavy atom. The van der Waals surface area contributed by atoms with Crippen molar-refractivity contribution in [2.24, 2.45) is 5.73 Å². The summed E-state index contributed by atoms with van der Waals surface area (Å²) in [6.07, 6.45) is 5.30. The van der Waals surface area contributed by atoms with Crippen molar-refractivity contribution >= 4 is 63.0 Å². The van der Waals surface area contributed by atoms with Gasteiger partial charge >= 0.3 is 94.6 Å². The van der Waals surface area contributed by atoms with Crippen LogP contribution in [0.4, 0.5) is 11.4 Å².